The summed E-state index contributed by atoms with van der Waals surface area (Å²) in [4.78, 5) is 2.02. The summed E-state index contributed by atoms with van der Waals surface area (Å²) in [5, 5.41) is 3.83. The zero-order valence-electron chi connectivity index (χ0n) is 11.0. The van der Waals surface area contributed by atoms with E-state index in [0.717, 1.165) is 23.5 Å². The van der Waals surface area contributed by atoms with Crippen LogP contribution in [0.1, 0.15) is 5.56 Å². The SMILES string of the molecule is CNCc1cc(Cl)ccc1N(C)c1ccc(F)cc1. The molecule has 0 radical (unpaired) electrons. The maximum absolute atomic E-state index is 13.0. The lowest BCUT2D eigenvalue weighted by atomic mass is 10.1. The van der Waals surface area contributed by atoms with Gasteiger partial charge in [-0.2, -0.15) is 0 Å². The van der Waals surface area contributed by atoms with Gasteiger partial charge in [-0.3, -0.25) is 0 Å². The van der Waals surface area contributed by atoms with Crippen LogP contribution in [0.4, 0.5) is 15.8 Å². The Hall–Kier alpha value is -1.58. The summed E-state index contributed by atoms with van der Waals surface area (Å²) >= 11 is 6.03. The normalized spacial score (nSPS) is 10.5. The summed E-state index contributed by atoms with van der Waals surface area (Å²) < 4.78 is 13.0. The third-order valence-electron chi connectivity index (χ3n) is 2.98. The van der Waals surface area contributed by atoms with Crippen molar-refractivity contribution in [3.63, 3.8) is 0 Å². The molecule has 0 bridgehead atoms. The van der Waals surface area contributed by atoms with Crippen molar-refractivity contribution in [2.75, 3.05) is 19.0 Å². The van der Waals surface area contributed by atoms with Crippen LogP contribution in [0.3, 0.4) is 0 Å². The van der Waals surface area contributed by atoms with E-state index < -0.39 is 0 Å². The van der Waals surface area contributed by atoms with E-state index in [1.807, 2.05) is 37.2 Å². The van der Waals surface area contributed by atoms with E-state index in [-0.39, 0.29) is 5.82 Å². The smallest absolute Gasteiger partial charge is 0.123 e. The number of hydrogen-bond acceptors (Lipinski definition) is 2. The molecule has 0 fully saturated rings. The molecule has 0 unspecified atom stereocenters. The molecule has 100 valence electrons. The fourth-order valence-electron chi connectivity index (χ4n) is 2.02. The molecule has 0 heterocycles. The van der Waals surface area contributed by atoms with Gasteiger partial charge in [-0.1, -0.05) is 11.6 Å². The monoisotopic (exact) mass is 278 g/mol. The van der Waals surface area contributed by atoms with Crippen LogP contribution >= 0.6 is 11.6 Å². The summed E-state index contributed by atoms with van der Waals surface area (Å²) in [5.74, 6) is -0.233. The second kappa shape index (κ2) is 6.04. The topological polar surface area (TPSA) is 15.3 Å². The molecule has 0 aliphatic heterocycles. The van der Waals surface area contributed by atoms with Crippen LogP contribution in [0.15, 0.2) is 42.5 Å². The zero-order chi connectivity index (χ0) is 13.8. The first kappa shape index (κ1) is 13.8. The standard InChI is InChI=1S/C15H16ClFN2/c1-18-10-11-9-12(16)3-8-15(11)19(2)14-6-4-13(17)5-7-14/h3-9,18H,10H2,1-2H3. The molecule has 4 heteroatoms. The summed E-state index contributed by atoms with van der Waals surface area (Å²) in [6.07, 6.45) is 0. The zero-order valence-corrected chi connectivity index (χ0v) is 11.7. The van der Waals surface area contributed by atoms with Crippen molar-refractivity contribution >= 4 is 23.0 Å². The fraction of sp³-hybridized carbons (Fsp3) is 0.200. The molecular weight excluding hydrogens is 263 g/mol. The molecule has 2 rings (SSSR count). The molecule has 2 aromatic carbocycles. The second-order valence-electron chi connectivity index (χ2n) is 4.34. The van der Waals surface area contributed by atoms with Crippen molar-refractivity contribution in [3.8, 4) is 0 Å². The first-order chi connectivity index (χ1) is 9.11. The molecule has 0 saturated carbocycles. The Bertz CT molecular complexity index is 555. The molecule has 2 aromatic rings. The highest BCUT2D eigenvalue weighted by Gasteiger charge is 2.09. The van der Waals surface area contributed by atoms with Crippen LogP contribution < -0.4 is 10.2 Å². The van der Waals surface area contributed by atoms with E-state index in [4.69, 9.17) is 11.6 Å². The molecule has 0 amide bonds. The molecular formula is C15H16ClFN2. The highest BCUT2D eigenvalue weighted by Crippen LogP contribution is 2.29. The quantitative estimate of drug-likeness (QED) is 0.910. The molecule has 19 heavy (non-hydrogen) atoms. The highest BCUT2D eigenvalue weighted by molar-refractivity contribution is 6.30. The van der Waals surface area contributed by atoms with Crippen LogP contribution in [0.5, 0.6) is 0 Å². The van der Waals surface area contributed by atoms with E-state index in [1.165, 1.54) is 12.1 Å². The second-order valence-corrected chi connectivity index (χ2v) is 4.78. The van der Waals surface area contributed by atoms with Gasteiger partial charge in [-0.05, 0) is 55.1 Å². The molecule has 1 N–H and O–H groups in total. The van der Waals surface area contributed by atoms with Gasteiger partial charge in [0.1, 0.15) is 5.82 Å². The first-order valence-corrected chi connectivity index (χ1v) is 6.42. The minimum Gasteiger partial charge on any atom is -0.344 e. The van der Waals surface area contributed by atoms with E-state index in [1.54, 1.807) is 12.1 Å². The Morgan fingerprint density at radius 2 is 1.84 bits per heavy atom. The average Bonchev–Trinajstić information content (AvgIpc) is 2.39. The molecule has 2 nitrogen and oxygen atoms in total. The third kappa shape index (κ3) is 3.25. The molecule has 0 atom stereocenters. The molecule has 0 spiro atoms. The van der Waals surface area contributed by atoms with Crippen LogP contribution in [-0.2, 0) is 6.54 Å². The van der Waals surface area contributed by atoms with Gasteiger partial charge in [0.15, 0.2) is 0 Å². The lowest BCUT2D eigenvalue weighted by Gasteiger charge is -2.23. The number of rotatable bonds is 4. The number of benzene rings is 2. The molecule has 0 aliphatic rings. The maximum Gasteiger partial charge on any atom is 0.123 e. The Morgan fingerprint density at radius 1 is 1.16 bits per heavy atom. The van der Waals surface area contributed by atoms with E-state index in [2.05, 4.69) is 5.32 Å². The van der Waals surface area contributed by atoms with Crippen molar-refractivity contribution < 1.29 is 4.39 Å². The van der Waals surface area contributed by atoms with Crippen LogP contribution in [-0.4, -0.2) is 14.1 Å². The van der Waals surface area contributed by atoms with Crippen LogP contribution in [0, 0.1) is 5.82 Å². The van der Waals surface area contributed by atoms with Crippen molar-refractivity contribution in [2.24, 2.45) is 0 Å². The Morgan fingerprint density at radius 3 is 2.47 bits per heavy atom. The van der Waals surface area contributed by atoms with E-state index in [0.29, 0.717) is 5.02 Å². The summed E-state index contributed by atoms with van der Waals surface area (Å²) in [7, 11) is 3.85. The van der Waals surface area contributed by atoms with Crippen molar-refractivity contribution in [1.29, 1.82) is 0 Å². The fourth-order valence-corrected chi connectivity index (χ4v) is 2.21. The lowest BCUT2D eigenvalue weighted by molar-refractivity contribution is 0.628. The van der Waals surface area contributed by atoms with Gasteiger partial charge in [0.25, 0.3) is 0 Å². The summed E-state index contributed by atoms with van der Waals surface area (Å²) in [5.41, 5.74) is 3.08. The van der Waals surface area contributed by atoms with E-state index >= 15 is 0 Å². The summed E-state index contributed by atoms with van der Waals surface area (Å²) in [6, 6.07) is 12.2. The number of anilines is 2. The van der Waals surface area contributed by atoms with Crippen molar-refractivity contribution in [3.05, 3.63) is 58.9 Å². The maximum atomic E-state index is 13.0. The first-order valence-electron chi connectivity index (χ1n) is 6.04. The predicted molar refractivity (Wildman–Crippen MR) is 78.7 cm³/mol. The lowest BCUT2D eigenvalue weighted by Crippen LogP contribution is -2.15. The van der Waals surface area contributed by atoms with Gasteiger partial charge in [0.2, 0.25) is 0 Å². The Kier molecular flexibility index (Phi) is 4.40. The van der Waals surface area contributed by atoms with Gasteiger partial charge in [-0.25, -0.2) is 4.39 Å². The number of halogens is 2. The number of hydrogen-bond donors (Lipinski definition) is 1. The van der Waals surface area contributed by atoms with Crippen LogP contribution in [0.25, 0.3) is 0 Å². The van der Waals surface area contributed by atoms with Gasteiger partial charge >= 0.3 is 0 Å². The minimum atomic E-state index is -0.233. The molecule has 0 aromatic heterocycles. The number of nitrogens with one attached hydrogen (secondary N) is 1. The Labute approximate surface area is 117 Å². The number of nitrogens with zero attached hydrogens (tertiary/aromatic N) is 1. The van der Waals surface area contributed by atoms with Gasteiger partial charge in [0, 0.05) is 30.0 Å². The van der Waals surface area contributed by atoms with Crippen LogP contribution in [0.2, 0.25) is 5.02 Å². The highest BCUT2D eigenvalue weighted by atomic mass is 35.5. The predicted octanol–water partition coefficient (Wildman–Crippen LogP) is 3.97. The minimum absolute atomic E-state index is 0.233. The van der Waals surface area contributed by atoms with E-state index in [9.17, 15) is 4.39 Å². The average molecular weight is 279 g/mol. The third-order valence-corrected chi connectivity index (χ3v) is 3.22. The molecule has 0 saturated heterocycles. The summed E-state index contributed by atoms with van der Waals surface area (Å²) in [6.45, 7) is 0.724. The largest absolute Gasteiger partial charge is 0.344 e. The van der Waals surface area contributed by atoms with Gasteiger partial charge in [-0.15, -0.1) is 0 Å². The van der Waals surface area contributed by atoms with Crippen molar-refractivity contribution in [1.82, 2.24) is 5.32 Å². The Balaban J connectivity index is 2.37. The molecule has 0 aliphatic carbocycles. The van der Waals surface area contributed by atoms with Gasteiger partial charge in [0.05, 0.1) is 0 Å². The van der Waals surface area contributed by atoms with Crippen molar-refractivity contribution in [2.45, 2.75) is 6.54 Å². The van der Waals surface area contributed by atoms with Gasteiger partial charge < -0.3 is 10.2 Å².